The summed E-state index contributed by atoms with van der Waals surface area (Å²) in [5, 5.41) is 3.57. The average Bonchev–Trinajstić information content (AvgIpc) is 2.64. The smallest absolute Gasteiger partial charge is 0.253 e. The summed E-state index contributed by atoms with van der Waals surface area (Å²) in [6.07, 6.45) is 1.59. The Morgan fingerprint density at radius 1 is 1.19 bits per heavy atom. The van der Waals surface area contributed by atoms with Crippen LogP contribution < -0.4 is 5.32 Å². The van der Waals surface area contributed by atoms with Crippen LogP contribution in [-0.2, 0) is 4.79 Å². The highest BCUT2D eigenvalue weighted by molar-refractivity contribution is 9.10. The number of hydrogen-bond donors (Lipinski definition) is 1. The third-order valence-corrected chi connectivity index (χ3v) is 5.46. The first-order chi connectivity index (χ1) is 12.4. The lowest BCUT2D eigenvalue weighted by molar-refractivity contribution is -0.121. The molecule has 1 saturated heterocycles. The highest BCUT2D eigenvalue weighted by Gasteiger charge is 2.29. The zero-order valence-corrected chi connectivity index (χ0v) is 16.8. The van der Waals surface area contributed by atoms with Crippen molar-refractivity contribution in [2.75, 3.05) is 18.4 Å². The summed E-state index contributed by atoms with van der Waals surface area (Å²) in [5.41, 5.74) is 2.46. The SMILES string of the molecule is Cc1ccc(NC(=O)C2CCCN(C(=O)c3ccc(Cl)cc3)C2)c(Br)c1. The van der Waals surface area contributed by atoms with Crippen LogP contribution in [0.1, 0.15) is 28.8 Å². The van der Waals surface area contributed by atoms with E-state index in [0.717, 1.165) is 28.6 Å². The number of nitrogens with one attached hydrogen (secondary N) is 1. The summed E-state index contributed by atoms with van der Waals surface area (Å²) in [6, 6.07) is 12.7. The molecule has 2 aromatic rings. The van der Waals surface area contributed by atoms with Crippen LogP contribution in [0.5, 0.6) is 0 Å². The van der Waals surface area contributed by atoms with Crippen molar-refractivity contribution < 1.29 is 9.59 Å². The summed E-state index contributed by atoms with van der Waals surface area (Å²) < 4.78 is 0.857. The van der Waals surface area contributed by atoms with Gasteiger partial charge in [-0.2, -0.15) is 0 Å². The number of likely N-dealkylation sites (tertiary alicyclic amines) is 1. The van der Waals surface area contributed by atoms with Crippen molar-refractivity contribution in [1.82, 2.24) is 4.90 Å². The molecule has 136 valence electrons. The Morgan fingerprint density at radius 3 is 2.62 bits per heavy atom. The van der Waals surface area contributed by atoms with Crippen LogP contribution in [0.25, 0.3) is 0 Å². The molecule has 2 aromatic carbocycles. The summed E-state index contributed by atoms with van der Waals surface area (Å²) in [4.78, 5) is 27.1. The van der Waals surface area contributed by atoms with Crippen molar-refractivity contribution in [3.05, 3.63) is 63.1 Å². The monoisotopic (exact) mass is 434 g/mol. The highest BCUT2D eigenvalue weighted by Crippen LogP contribution is 2.26. The second-order valence-electron chi connectivity index (χ2n) is 6.57. The number of aryl methyl sites for hydroxylation is 1. The van der Waals surface area contributed by atoms with E-state index in [-0.39, 0.29) is 17.7 Å². The maximum absolute atomic E-state index is 12.7. The number of rotatable bonds is 3. The van der Waals surface area contributed by atoms with Crippen molar-refractivity contribution in [2.45, 2.75) is 19.8 Å². The molecule has 2 amide bonds. The van der Waals surface area contributed by atoms with Gasteiger partial charge in [0.25, 0.3) is 5.91 Å². The molecular formula is C20H20BrClN2O2. The van der Waals surface area contributed by atoms with E-state index in [1.165, 1.54) is 0 Å². The molecule has 1 unspecified atom stereocenters. The first kappa shape index (κ1) is 18.9. The van der Waals surface area contributed by atoms with Crippen LogP contribution >= 0.6 is 27.5 Å². The van der Waals surface area contributed by atoms with E-state index in [2.05, 4.69) is 21.2 Å². The molecule has 1 fully saturated rings. The standard InChI is InChI=1S/C20H20BrClN2O2/c1-13-4-9-18(17(21)11-13)23-19(25)15-3-2-10-24(12-15)20(26)14-5-7-16(22)8-6-14/h4-9,11,15H,2-3,10,12H2,1H3,(H,23,25). The van der Waals surface area contributed by atoms with Crippen LogP contribution in [0.3, 0.4) is 0 Å². The summed E-state index contributed by atoms with van der Waals surface area (Å²) in [6.45, 7) is 3.09. The number of carbonyl (C=O) groups is 2. The quantitative estimate of drug-likeness (QED) is 0.745. The molecule has 1 heterocycles. The van der Waals surface area contributed by atoms with E-state index in [9.17, 15) is 9.59 Å². The van der Waals surface area contributed by atoms with E-state index in [1.54, 1.807) is 29.2 Å². The molecule has 0 aliphatic carbocycles. The number of anilines is 1. The Labute approximate surface area is 166 Å². The number of nitrogens with zero attached hydrogens (tertiary/aromatic N) is 1. The van der Waals surface area contributed by atoms with Crippen molar-refractivity contribution in [3.8, 4) is 0 Å². The van der Waals surface area contributed by atoms with Gasteiger partial charge in [-0.1, -0.05) is 17.7 Å². The van der Waals surface area contributed by atoms with E-state index >= 15 is 0 Å². The zero-order valence-electron chi connectivity index (χ0n) is 14.5. The normalized spacial score (nSPS) is 17.0. The zero-order chi connectivity index (χ0) is 18.7. The lowest BCUT2D eigenvalue weighted by Gasteiger charge is -2.32. The molecule has 0 radical (unpaired) electrons. The van der Waals surface area contributed by atoms with Crippen molar-refractivity contribution in [1.29, 1.82) is 0 Å². The fourth-order valence-electron chi connectivity index (χ4n) is 3.11. The lowest BCUT2D eigenvalue weighted by atomic mass is 9.96. The maximum atomic E-state index is 12.7. The molecule has 1 aliphatic heterocycles. The highest BCUT2D eigenvalue weighted by atomic mass is 79.9. The minimum atomic E-state index is -0.215. The molecule has 0 bridgehead atoms. The summed E-state index contributed by atoms with van der Waals surface area (Å²) in [7, 11) is 0. The van der Waals surface area contributed by atoms with E-state index < -0.39 is 0 Å². The summed E-state index contributed by atoms with van der Waals surface area (Å²) in [5.74, 6) is -0.327. The Hall–Kier alpha value is -1.85. The minimum Gasteiger partial charge on any atom is -0.338 e. The third kappa shape index (κ3) is 4.46. The fourth-order valence-corrected chi connectivity index (χ4v) is 3.83. The van der Waals surface area contributed by atoms with Crippen LogP contribution in [0, 0.1) is 12.8 Å². The predicted octanol–water partition coefficient (Wildman–Crippen LogP) is 4.90. The van der Waals surface area contributed by atoms with Gasteiger partial charge >= 0.3 is 0 Å². The molecule has 6 heteroatoms. The Kier molecular flexibility index (Phi) is 5.99. The number of piperidine rings is 1. The minimum absolute atomic E-state index is 0.0526. The van der Waals surface area contributed by atoms with Gasteiger partial charge in [0.15, 0.2) is 0 Å². The number of benzene rings is 2. The van der Waals surface area contributed by atoms with Crippen LogP contribution in [0.2, 0.25) is 5.02 Å². The Morgan fingerprint density at radius 2 is 1.92 bits per heavy atom. The molecule has 26 heavy (non-hydrogen) atoms. The molecule has 3 rings (SSSR count). The second-order valence-corrected chi connectivity index (χ2v) is 7.86. The number of halogens is 2. The fraction of sp³-hybridized carbons (Fsp3) is 0.300. The van der Waals surface area contributed by atoms with Gasteiger partial charge in [-0.05, 0) is 77.7 Å². The number of hydrogen-bond acceptors (Lipinski definition) is 2. The van der Waals surface area contributed by atoms with Crippen LogP contribution in [0.15, 0.2) is 46.9 Å². The van der Waals surface area contributed by atoms with Crippen molar-refractivity contribution >= 4 is 45.0 Å². The van der Waals surface area contributed by atoms with Crippen molar-refractivity contribution in [3.63, 3.8) is 0 Å². The predicted molar refractivity (Wildman–Crippen MR) is 108 cm³/mol. The van der Waals surface area contributed by atoms with Gasteiger partial charge in [0.2, 0.25) is 5.91 Å². The van der Waals surface area contributed by atoms with E-state index in [0.29, 0.717) is 23.7 Å². The molecule has 1 aliphatic rings. The van der Waals surface area contributed by atoms with Crippen LogP contribution in [-0.4, -0.2) is 29.8 Å². The molecule has 1 atom stereocenters. The van der Waals surface area contributed by atoms with Gasteiger partial charge in [0.05, 0.1) is 11.6 Å². The first-order valence-electron chi connectivity index (χ1n) is 8.56. The Bertz CT molecular complexity index is 823. The topological polar surface area (TPSA) is 49.4 Å². The van der Waals surface area contributed by atoms with E-state index in [1.807, 2.05) is 25.1 Å². The molecule has 1 N–H and O–H groups in total. The third-order valence-electron chi connectivity index (χ3n) is 4.55. The van der Waals surface area contributed by atoms with Gasteiger partial charge in [0, 0.05) is 28.1 Å². The largest absolute Gasteiger partial charge is 0.338 e. The summed E-state index contributed by atoms with van der Waals surface area (Å²) >= 11 is 9.37. The Balaban J connectivity index is 1.66. The number of carbonyl (C=O) groups excluding carboxylic acids is 2. The van der Waals surface area contributed by atoms with Gasteiger partial charge in [-0.15, -0.1) is 0 Å². The lowest BCUT2D eigenvalue weighted by Crippen LogP contribution is -2.43. The maximum Gasteiger partial charge on any atom is 0.253 e. The van der Waals surface area contributed by atoms with Crippen molar-refractivity contribution in [2.24, 2.45) is 5.92 Å². The molecule has 4 nitrogen and oxygen atoms in total. The number of amides is 2. The average molecular weight is 436 g/mol. The van der Waals surface area contributed by atoms with Gasteiger partial charge in [-0.25, -0.2) is 0 Å². The molecular weight excluding hydrogens is 416 g/mol. The second kappa shape index (κ2) is 8.23. The van der Waals surface area contributed by atoms with Gasteiger partial charge < -0.3 is 10.2 Å². The first-order valence-corrected chi connectivity index (χ1v) is 9.73. The molecule has 0 saturated carbocycles. The van der Waals surface area contributed by atoms with Crippen LogP contribution in [0.4, 0.5) is 5.69 Å². The molecule has 0 aromatic heterocycles. The van der Waals surface area contributed by atoms with Gasteiger partial charge in [-0.3, -0.25) is 9.59 Å². The van der Waals surface area contributed by atoms with E-state index in [4.69, 9.17) is 11.6 Å². The molecule has 0 spiro atoms. The van der Waals surface area contributed by atoms with Gasteiger partial charge in [0.1, 0.15) is 0 Å².